The SMILES string of the molecule is Cc1cc(C(N)=S)cc(NC2CCOC(C)C2)n1. The lowest BCUT2D eigenvalue weighted by Crippen LogP contribution is -2.32. The van der Waals surface area contributed by atoms with Crippen LogP contribution in [0, 0.1) is 6.92 Å². The van der Waals surface area contributed by atoms with Crippen molar-refractivity contribution in [2.45, 2.75) is 38.8 Å². The van der Waals surface area contributed by atoms with E-state index in [2.05, 4.69) is 17.2 Å². The number of rotatable bonds is 3. The van der Waals surface area contributed by atoms with E-state index in [1.807, 2.05) is 19.1 Å². The fourth-order valence-corrected chi connectivity index (χ4v) is 2.34. The highest BCUT2D eigenvalue weighted by Crippen LogP contribution is 2.18. The van der Waals surface area contributed by atoms with Crippen molar-refractivity contribution in [2.24, 2.45) is 5.73 Å². The maximum Gasteiger partial charge on any atom is 0.127 e. The predicted molar refractivity (Wildman–Crippen MR) is 76.9 cm³/mol. The molecule has 0 radical (unpaired) electrons. The third-order valence-corrected chi connectivity index (χ3v) is 3.31. The van der Waals surface area contributed by atoms with Crippen LogP contribution in [0.25, 0.3) is 0 Å². The van der Waals surface area contributed by atoms with Crippen LogP contribution in [0.1, 0.15) is 31.0 Å². The van der Waals surface area contributed by atoms with Crippen LogP contribution in [0.5, 0.6) is 0 Å². The van der Waals surface area contributed by atoms with E-state index in [4.69, 9.17) is 22.7 Å². The average molecular weight is 265 g/mol. The second kappa shape index (κ2) is 5.63. The zero-order chi connectivity index (χ0) is 13.1. The number of anilines is 1. The molecule has 0 aromatic carbocycles. The topological polar surface area (TPSA) is 60.2 Å². The summed E-state index contributed by atoms with van der Waals surface area (Å²) in [6, 6.07) is 4.22. The number of aryl methyl sites for hydroxylation is 1. The smallest absolute Gasteiger partial charge is 0.127 e. The van der Waals surface area contributed by atoms with Crippen LogP contribution in [0.4, 0.5) is 5.82 Å². The van der Waals surface area contributed by atoms with Gasteiger partial charge in [0.15, 0.2) is 0 Å². The van der Waals surface area contributed by atoms with Crippen LogP contribution < -0.4 is 11.1 Å². The number of hydrogen-bond acceptors (Lipinski definition) is 4. The normalized spacial score (nSPS) is 23.7. The van der Waals surface area contributed by atoms with Crippen molar-refractivity contribution in [1.82, 2.24) is 4.98 Å². The molecule has 0 bridgehead atoms. The van der Waals surface area contributed by atoms with E-state index >= 15 is 0 Å². The van der Waals surface area contributed by atoms with Gasteiger partial charge in [-0.1, -0.05) is 12.2 Å². The number of aromatic nitrogens is 1. The number of nitrogens with two attached hydrogens (primary N) is 1. The fourth-order valence-electron chi connectivity index (χ4n) is 2.22. The van der Waals surface area contributed by atoms with Gasteiger partial charge in [-0.25, -0.2) is 4.98 Å². The first-order valence-corrected chi connectivity index (χ1v) is 6.62. The van der Waals surface area contributed by atoms with Crippen LogP contribution in [-0.4, -0.2) is 28.7 Å². The second-order valence-electron chi connectivity index (χ2n) is 4.79. The summed E-state index contributed by atoms with van der Waals surface area (Å²) in [7, 11) is 0. The molecule has 18 heavy (non-hydrogen) atoms. The van der Waals surface area contributed by atoms with Gasteiger partial charge >= 0.3 is 0 Å². The van der Waals surface area contributed by atoms with Gasteiger partial charge in [-0.2, -0.15) is 0 Å². The Morgan fingerprint density at radius 1 is 1.56 bits per heavy atom. The highest BCUT2D eigenvalue weighted by atomic mass is 32.1. The third-order valence-electron chi connectivity index (χ3n) is 3.08. The van der Waals surface area contributed by atoms with Gasteiger partial charge in [-0.15, -0.1) is 0 Å². The third kappa shape index (κ3) is 3.40. The second-order valence-corrected chi connectivity index (χ2v) is 5.23. The van der Waals surface area contributed by atoms with Crippen molar-refractivity contribution in [2.75, 3.05) is 11.9 Å². The lowest BCUT2D eigenvalue weighted by atomic mass is 10.0. The Balaban J connectivity index is 2.10. The molecule has 0 amide bonds. The van der Waals surface area contributed by atoms with E-state index in [1.54, 1.807) is 0 Å². The van der Waals surface area contributed by atoms with Gasteiger partial charge in [-0.3, -0.25) is 0 Å². The Hall–Kier alpha value is -1.20. The molecule has 2 rings (SSSR count). The van der Waals surface area contributed by atoms with E-state index in [1.165, 1.54) is 0 Å². The lowest BCUT2D eigenvalue weighted by Gasteiger charge is -2.28. The van der Waals surface area contributed by atoms with Gasteiger partial charge in [0.1, 0.15) is 10.8 Å². The van der Waals surface area contributed by atoms with Crippen LogP contribution in [0.2, 0.25) is 0 Å². The van der Waals surface area contributed by atoms with Crippen molar-refractivity contribution in [1.29, 1.82) is 0 Å². The average Bonchev–Trinajstić information content (AvgIpc) is 2.28. The zero-order valence-corrected chi connectivity index (χ0v) is 11.6. The summed E-state index contributed by atoms with van der Waals surface area (Å²) >= 11 is 5.01. The minimum absolute atomic E-state index is 0.302. The molecule has 1 aliphatic rings. The minimum atomic E-state index is 0.302. The van der Waals surface area contributed by atoms with E-state index in [-0.39, 0.29) is 0 Å². The number of ether oxygens (including phenoxy) is 1. The first-order chi connectivity index (χ1) is 8.54. The largest absolute Gasteiger partial charge is 0.389 e. The van der Waals surface area contributed by atoms with Gasteiger partial charge in [0.2, 0.25) is 0 Å². The highest BCUT2D eigenvalue weighted by Gasteiger charge is 2.19. The fraction of sp³-hybridized carbons (Fsp3) is 0.538. The predicted octanol–water partition coefficient (Wildman–Crippen LogP) is 2.00. The van der Waals surface area contributed by atoms with Gasteiger partial charge in [0, 0.05) is 23.9 Å². The Kier molecular flexibility index (Phi) is 4.14. The van der Waals surface area contributed by atoms with Crippen LogP contribution in [-0.2, 0) is 4.74 Å². The molecule has 1 aromatic rings. The maximum absolute atomic E-state index is 5.66. The van der Waals surface area contributed by atoms with Gasteiger partial charge in [-0.05, 0) is 38.8 Å². The number of nitrogens with one attached hydrogen (secondary N) is 1. The number of hydrogen-bond donors (Lipinski definition) is 2. The molecule has 5 heteroatoms. The Morgan fingerprint density at radius 2 is 2.33 bits per heavy atom. The molecule has 4 nitrogen and oxygen atoms in total. The molecule has 1 saturated heterocycles. The van der Waals surface area contributed by atoms with Crippen molar-refractivity contribution in [3.63, 3.8) is 0 Å². The van der Waals surface area contributed by atoms with E-state index in [0.717, 1.165) is 36.5 Å². The molecule has 0 spiro atoms. The van der Waals surface area contributed by atoms with Crippen molar-refractivity contribution in [3.05, 3.63) is 23.4 Å². The summed E-state index contributed by atoms with van der Waals surface area (Å²) in [6.07, 6.45) is 2.30. The molecule has 1 aliphatic heterocycles. The Bertz CT molecular complexity index is 450. The van der Waals surface area contributed by atoms with E-state index in [9.17, 15) is 0 Å². The molecule has 0 aliphatic carbocycles. The summed E-state index contributed by atoms with van der Waals surface area (Å²) in [5, 5.41) is 3.44. The Labute approximate surface area is 113 Å². The maximum atomic E-state index is 5.66. The summed E-state index contributed by atoms with van der Waals surface area (Å²) in [5.74, 6) is 0.844. The van der Waals surface area contributed by atoms with Gasteiger partial charge < -0.3 is 15.8 Å². The molecule has 0 saturated carbocycles. The van der Waals surface area contributed by atoms with Gasteiger partial charge in [0.25, 0.3) is 0 Å². The quantitative estimate of drug-likeness (QED) is 0.819. The molecule has 1 fully saturated rings. The van der Waals surface area contributed by atoms with Crippen LogP contribution in [0.15, 0.2) is 12.1 Å². The van der Waals surface area contributed by atoms with Gasteiger partial charge in [0.05, 0.1) is 6.10 Å². The highest BCUT2D eigenvalue weighted by molar-refractivity contribution is 7.80. The molecular formula is C13H19N3OS. The molecule has 2 heterocycles. The Morgan fingerprint density at radius 3 is 3.00 bits per heavy atom. The van der Waals surface area contributed by atoms with Crippen molar-refractivity contribution < 1.29 is 4.74 Å². The molecule has 3 N–H and O–H groups in total. The van der Waals surface area contributed by atoms with Crippen LogP contribution >= 0.6 is 12.2 Å². The first kappa shape index (κ1) is 13.2. The summed E-state index contributed by atoms with van der Waals surface area (Å²) in [5.41, 5.74) is 7.44. The monoisotopic (exact) mass is 265 g/mol. The molecule has 2 unspecified atom stereocenters. The minimum Gasteiger partial charge on any atom is -0.389 e. The first-order valence-electron chi connectivity index (χ1n) is 6.21. The van der Waals surface area contributed by atoms with Crippen molar-refractivity contribution in [3.8, 4) is 0 Å². The summed E-state index contributed by atoms with van der Waals surface area (Å²) in [6.45, 7) is 4.84. The molecule has 2 atom stereocenters. The number of pyridine rings is 1. The van der Waals surface area contributed by atoms with Crippen LogP contribution in [0.3, 0.4) is 0 Å². The molecular weight excluding hydrogens is 246 g/mol. The van der Waals surface area contributed by atoms with E-state index in [0.29, 0.717) is 17.1 Å². The zero-order valence-electron chi connectivity index (χ0n) is 10.8. The lowest BCUT2D eigenvalue weighted by molar-refractivity contribution is 0.0232. The molecule has 1 aromatic heterocycles. The van der Waals surface area contributed by atoms with Crippen molar-refractivity contribution >= 4 is 23.0 Å². The van der Waals surface area contributed by atoms with E-state index < -0.39 is 0 Å². The number of thiocarbonyl (C=S) groups is 1. The summed E-state index contributed by atoms with van der Waals surface area (Å²) in [4.78, 5) is 4.87. The number of nitrogens with zero attached hydrogens (tertiary/aromatic N) is 1. The standard InChI is InChI=1S/C13H19N3OS/c1-8-5-10(13(14)18)7-12(15-8)16-11-3-4-17-9(2)6-11/h5,7,9,11H,3-4,6H2,1-2H3,(H2,14,18)(H,15,16). The summed E-state index contributed by atoms with van der Waals surface area (Å²) < 4.78 is 5.53. The molecule has 98 valence electrons.